The Balaban J connectivity index is 2.94. The fourth-order valence-electron chi connectivity index (χ4n) is 1.54. The number of carboxylic acids is 1. The van der Waals surface area contributed by atoms with Crippen molar-refractivity contribution in [2.45, 2.75) is 36.4 Å². The van der Waals surface area contributed by atoms with Gasteiger partial charge in [-0.3, -0.25) is 0 Å². The summed E-state index contributed by atoms with van der Waals surface area (Å²) in [6.07, 6.45) is -5.18. The third-order valence-corrected chi connectivity index (χ3v) is 2.34. The Hall–Kier alpha value is -0.730. The Morgan fingerprint density at radius 3 is 2.07 bits per heavy atom. The highest BCUT2D eigenvalue weighted by atomic mass is 16.5. The van der Waals surface area contributed by atoms with Gasteiger partial charge in [0.25, 0.3) is 0 Å². The minimum absolute atomic E-state index is 0.646. The van der Waals surface area contributed by atoms with Gasteiger partial charge < -0.3 is 30.6 Å². The van der Waals surface area contributed by atoms with Crippen LogP contribution < -0.4 is 0 Å². The Kier molecular flexibility index (Phi) is 2.55. The molecule has 6 N–H and O–H groups in total. The summed E-state index contributed by atoms with van der Waals surface area (Å²) in [6.45, 7) is 0. The van der Waals surface area contributed by atoms with Crippen molar-refractivity contribution in [1.82, 2.24) is 0 Å². The summed E-state index contributed by atoms with van der Waals surface area (Å²) in [5.41, 5.74) is -2.43. The Morgan fingerprint density at radius 1 is 1.21 bits per heavy atom. The standard InChI is InChI=1S/C7H12O7/c8-3-1-6(12,5(10)11)2-7(13,14)4(3)9/h3-4,8-9,12-14H,1-2H2,(H,10,11)/t3-,4?,6?/m1/s1. The molecule has 1 aliphatic rings. The van der Waals surface area contributed by atoms with E-state index in [1.54, 1.807) is 0 Å². The van der Waals surface area contributed by atoms with E-state index in [4.69, 9.17) is 25.5 Å². The molecule has 0 aliphatic heterocycles. The molecule has 0 heterocycles. The zero-order valence-electron chi connectivity index (χ0n) is 7.16. The molecule has 0 aromatic heterocycles. The Bertz CT molecular complexity index is 250. The van der Waals surface area contributed by atoms with Gasteiger partial charge in [0.1, 0.15) is 6.10 Å². The quantitative estimate of drug-likeness (QED) is 0.252. The van der Waals surface area contributed by atoms with Crippen molar-refractivity contribution in [2.24, 2.45) is 0 Å². The van der Waals surface area contributed by atoms with Crippen LogP contribution in [0, 0.1) is 0 Å². The van der Waals surface area contributed by atoms with Gasteiger partial charge in [-0.2, -0.15) is 0 Å². The molecule has 0 aromatic rings. The van der Waals surface area contributed by atoms with E-state index in [9.17, 15) is 9.90 Å². The van der Waals surface area contributed by atoms with Gasteiger partial charge in [-0.05, 0) is 0 Å². The fraction of sp³-hybridized carbons (Fsp3) is 0.857. The first-order valence-electron chi connectivity index (χ1n) is 3.96. The van der Waals surface area contributed by atoms with E-state index in [0.717, 1.165) is 0 Å². The normalized spacial score (nSPS) is 42.1. The van der Waals surface area contributed by atoms with Gasteiger partial charge in [0.15, 0.2) is 11.4 Å². The first-order chi connectivity index (χ1) is 6.19. The molecule has 1 saturated carbocycles. The molecule has 1 fully saturated rings. The molecule has 1 aliphatic carbocycles. The van der Waals surface area contributed by atoms with Gasteiger partial charge in [-0.15, -0.1) is 0 Å². The van der Waals surface area contributed by atoms with Crippen LogP contribution in [0.3, 0.4) is 0 Å². The van der Waals surface area contributed by atoms with Crippen molar-refractivity contribution in [3.05, 3.63) is 0 Å². The van der Waals surface area contributed by atoms with E-state index < -0.39 is 42.4 Å². The predicted molar refractivity (Wildman–Crippen MR) is 41.0 cm³/mol. The lowest BCUT2D eigenvalue weighted by Crippen LogP contribution is -2.62. The highest BCUT2D eigenvalue weighted by Gasteiger charge is 2.55. The predicted octanol–water partition coefficient (Wildman–Crippen LogP) is -3.00. The molecule has 7 heteroatoms. The van der Waals surface area contributed by atoms with Crippen LogP contribution >= 0.6 is 0 Å². The minimum Gasteiger partial charge on any atom is -0.479 e. The van der Waals surface area contributed by atoms with Crippen molar-refractivity contribution in [3.8, 4) is 0 Å². The molecule has 0 spiro atoms. The number of carbonyl (C=O) groups is 1. The average molecular weight is 208 g/mol. The lowest BCUT2D eigenvalue weighted by Gasteiger charge is -2.42. The van der Waals surface area contributed by atoms with Gasteiger partial charge in [0.05, 0.1) is 6.10 Å². The average Bonchev–Trinajstić information content (AvgIpc) is 1.99. The van der Waals surface area contributed by atoms with Crippen LogP contribution in [0.4, 0.5) is 0 Å². The Morgan fingerprint density at radius 2 is 1.71 bits per heavy atom. The lowest BCUT2D eigenvalue weighted by molar-refractivity contribution is -0.295. The van der Waals surface area contributed by atoms with Crippen molar-refractivity contribution in [2.75, 3.05) is 0 Å². The molecule has 3 atom stereocenters. The summed E-state index contributed by atoms with van der Waals surface area (Å²) in [5.74, 6) is -4.47. The molecule has 7 nitrogen and oxygen atoms in total. The van der Waals surface area contributed by atoms with Crippen molar-refractivity contribution < 1.29 is 35.4 Å². The van der Waals surface area contributed by atoms with Crippen LogP contribution in [0.2, 0.25) is 0 Å². The largest absolute Gasteiger partial charge is 0.479 e. The van der Waals surface area contributed by atoms with Crippen LogP contribution in [-0.2, 0) is 4.79 Å². The summed E-state index contributed by atoms with van der Waals surface area (Å²) in [4.78, 5) is 10.6. The highest BCUT2D eigenvalue weighted by Crippen LogP contribution is 2.34. The van der Waals surface area contributed by atoms with E-state index in [-0.39, 0.29) is 0 Å². The van der Waals surface area contributed by atoms with E-state index in [1.165, 1.54) is 0 Å². The number of hydrogen-bond donors (Lipinski definition) is 6. The van der Waals surface area contributed by atoms with Gasteiger partial charge in [-0.25, -0.2) is 4.79 Å². The van der Waals surface area contributed by atoms with Crippen LogP contribution in [0.25, 0.3) is 0 Å². The van der Waals surface area contributed by atoms with E-state index in [2.05, 4.69) is 0 Å². The van der Waals surface area contributed by atoms with Crippen LogP contribution in [0.5, 0.6) is 0 Å². The third kappa shape index (κ3) is 1.72. The molecule has 14 heavy (non-hydrogen) atoms. The molecule has 82 valence electrons. The number of rotatable bonds is 1. The summed E-state index contributed by atoms with van der Waals surface area (Å²) in [6, 6.07) is 0. The molecule has 0 radical (unpaired) electrons. The zero-order valence-corrected chi connectivity index (χ0v) is 7.16. The maximum absolute atomic E-state index is 10.6. The summed E-state index contributed by atoms with van der Waals surface area (Å²) < 4.78 is 0. The van der Waals surface area contributed by atoms with Crippen LogP contribution in [0.1, 0.15) is 12.8 Å². The van der Waals surface area contributed by atoms with Gasteiger partial charge >= 0.3 is 5.97 Å². The second-order valence-corrected chi connectivity index (χ2v) is 3.61. The number of hydrogen-bond acceptors (Lipinski definition) is 6. The number of aliphatic carboxylic acids is 1. The van der Waals surface area contributed by atoms with E-state index >= 15 is 0 Å². The second-order valence-electron chi connectivity index (χ2n) is 3.61. The molecule has 1 rings (SSSR count). The van der Waals surface area contributed by atoms with Crippen molar-refractivity contribution in [3.63, 3.8) is 0 Å². The molecule has 2 unspecified atom stereocenters. The van der Waals surface area contributed by atoms with E-state index in [1.807, 2.05) is 0 Å². The SMILES string of the molecule is O=C(O)C1(O)C[C@@H](O)C(O)C(O)(O)C1. The first-order valence-corrected chi connectivity index (χ1v) is 3.96. The van der Waals surface area contributed by atoms with Crippen molar-refractivity contribution >= 4 is 5.97 Å². The zero-order chi connectivity index (χ0) is 11.1. The molecule has 0 saturated heterocycles. The monoisotopic (exact) mass is 208 g/mol. The van der Waals surface area contributed by atoms with Crippen molar-refractivity contribution in [1.29, 1.82) is 0 Å². The number of aliphatic hydroxyl groups excluding tert-OH is 2. The third-order valence-electron chi connectivity index (χ3n) is 2.34. The maximum Gasteiger partial charge on any atom is 0.336 e. The van der Waals surface area contributed by atoms with Gasteiger partial charge in [-0.1, -0.05) is 0 Å². The van der Waals surface area contributed by atoms with E-state index in [0.29, 0.717) is 0 Å². The van der Waals surface area contributed by atoms with Gasteiger partial charge in [0.2, 0.25) is 0 Å². The van der Waals surface area contributed by atoms with Crippen LogP contribution in [-0.4, -0.2) is 60.2 Å². The van der Waals surface area contributed by atoms with Crippen LogP contribution in [0.15, 0.2) is 0 Å². The topological polar surface area (TPSA) is 138 Å². The fourth-order valence-corrected chi connectivity index (χ4v) is 1.54. The minimum atomic E-state index is -2.80. The van der Waals surface area contributed by atoms with Gasteiger partial charge in [0, 0.05) is 12.8 Å². The second kappa shape index (κ2) is 3.14. The molecule has 0 bridgehead atoms. The molecular formula is C7H12O7. The maximum atomic E-state index is 10.6. The summed E-state index contributed by atoms with van der Waals surface area (Å²) in [5, 5.41) is 54.4. The Labute approximate surface area is 78.8 Å². The number of carboxylic acid groups (broad SMARTS) is 1. The smallest absolute Gasteiger partial charge is 0.336 e. The first kappa shape index (κ1) is 11.3. The number of aliphatic hydroxyl groups is 5. The summed E-state index contributed by atoms with van der Waals surface area (Å²) in [7, 11) is 0. The molecular weight excluding hydrogens is 196 g/mol. The molecule has 0 amide bonds. The summed E-state index contributed by atoms with van der Waals surface area (Å²) >= 11 is 0. The molecule has 0 aromatic carbocycles. The lowest BCUT2D eigenvalue weighted by atomic mass is 9.77. The highest BCUT2D eigenvalue weighted by molar-refractivity contribution is 5.77.